The van der Waals surface area contributed by atoms with E-state index in [2.05, 4.69) is 18.8 Å². The molecule has 1 saturated heterocycles. The number of hydrogen-bond donors (Lipinski definition) is 1. The number of rotatable bonds is 1. The van der Waals surface area contributed by atoms with Crippen LogP contribution < -0.4 is 5.73 Å². The molecule has 1 aliphatic heterocycles. The summed E-state index contributed by atoms with van der Waals surface area (Å²) in [5.74, 6) is 5.15. The first-order chi connectivity index (χ1) is 10.0. The molecular formula is C17H21FN2O. The Morgan fingerprint density at radius 3 is 2.86 bits per heavy atom. The van der Waals surface area contributed by atoms with Gasteiger partial charge in [-0.05, 0) is 43.9 Å². The van der Waals surface area contributed by atoms with E-state index in [0.717, 1.165) is 12.8 Å². The van der Waals surface area contributed by atoms with Gasteiger partial charge in [0, 0.05) is 18.2 Å². The van der Waals surface area contributed by atoms with Crippen molar-refractivity contribution < 1.29 is 9.18 Å². The number of nitrogens with two attached hydrogens (primary N) is 1. The molecule has 2 N–H and O–H groups in total. The fourth-order valence-corrected chi connectivity index (χ4v) is 2.65. The summed E-state index contributed by atoms with van der Waals surface area (Å²) in [5.41, 5.74) is 5.95. The van der Waals surface area contributed by atoms with Crippen molar-refractivity contribution in [2.75, 3.05) is 13.1 Å². The van der Waals surface area contributed by atoms with Crippen molar-refractivity contribution in [1.29, 1.82) is 0 Å². The summed E-state index contributed by atoms with van der Waals surface area (Å²) in [4.78, 5) is 14.3. The molecule has 1 amide bonds. The molecule has 0 radical (unpaired) electrons. The SMILES string of the molecule is CC1CCC(C)N(C(=O)c2ccc(C#CCN)cc2F)C1. The van der Waals surface area contributed by atoms with E-state index in [4.69, 9.17) is 5.73 Å². The Kier molecular flexibility index (Phi) is 4.98. The minimum absolute atomic E-state index is 0.120. The van der Waals surface area contributed by atoms with Crippen molar-refractivity contribution in [3.63, 3.8) is 0 Å². The van der Waals surface area contributed by atoms with Crippen LogP contribution in [0.15, 0.2) is 18.2 Å². The second kappa shape index (κ2) is 6.73. The normalized spacial score (nSPS) is 21.6. The van der Waals surface area contributed by atoms with Crippen molar-refractivity contribution >= 4 is 5.91 Å². The monoisotopic (exact) mass is 288 g/mol. The van der Waals surface area contributed by atoms with Gasteiger partial charge < -0.3 is 10.6 Å². The third-order valence-corrected chi connectivity index (χ3v) is 3.91. The van der Waals surface area contributed by atoms with Gasteiger partial charge in [0.1, 0.15) is 5.82 Å². The van der Waals surface area contributed by atoms with E-state index in [1.54, 1.807) is 11.0 Å². The molecule has 1 aliphatic rings. The lowest BCUT2D eigenvalue weighted by Crippen LogP contribution is -2.45. The van der Waals surface area contributed by atoms with Crippen molar-refractivity contribution in [3.05, 3.63) is 35.1 Å². The molecule has 1 aromatic carbocycles. The zero-order chi connectivity index (χ0) is 15.4. The van der Waals surface area contributed by atoms with Gasteiger partial charge in [-0.25, -0.2) is 4.39 Å². The molecule has 1 heterocycles. The predicted octanol–water partition coefficient (Wildman–Crippen LogP) is 2.40. The lowest BCUT2D eigenvalue weighted by molar-refractivity contribution is 0.0569. The van der Waals surface area contributed by atoms with Crippen molar-refractivity contribution in [1.82, 2.24) is 4.90 Å². The molecular weight excluding hydrogens is 267 g/mol. The Hall–Kier alpha value is -1.86. The summed E-state index contributed by atoms with van der Waals surface area (Å²) in [7, 11) is 0. The molecule has 1 fully saturated rings. The van der Waals surface area contributed by atoms with E-state index in [0.29, 0.717) is 18.0 Å². The summed E-state index contributed by atoms with van der Waals surface area (Å²) < 4.78 is 14.2. The minimum atomic E-state index is -0.519. The number of carbonyl (C=O) groups is 1. The Balaban J connectivity index is 2.22. The largest absolute Gasteiger partial charge is 0.336 e. The van der Waals surface area contributed by atoms with E-state index in [9.17, 15) is 9.18 Å². The molecule has 2 atom stereocenters. The molecule has 0 aromatic heterocycles. The molecule has 0 spiro atoms. The van der Waals surface area contributed by atoms with Gasteiger partial charge in [-0.15, -0.1) is 0 Å². The fraction of sp³-hybridized carbons (Fsp3) is 0.471. The number of nitrogens with zero attached hydrogens (tertiary/aromatic N) is 1. The van der Waals surface area contributed by atoms with Gasteiger partial charge >= 0.3 is 0 Å². The van der Waals surface area contributed by atoms with E-state index >= 15 is 0 Å². The van der Waals surface area contributed by atoms with Crippen LogP contribution in [0.1, 0.15) is 42.6 Å². The molecule has 112 valence electrons. The number of piperidine rings is 1. The standard InChI is InChI=1S/C17H21FN2O/c1-12-5-6-13(2)20(11-12)17(21)15-8-7-14(4-3-9-19)10-16(15)18/h7-8,10,12-13H,5-6,9,11,19H2,1-2H3. The second-order valence-electron chi connectivity index (χ2n) is 5.69. The zero-order valence-electron chi connectivity index (χ0n) is 12.5. The van der Waals surface area contributed by atoms with Crippen LogP contribution in [0.3, 0.4) is 0 Å². The van der Waals surface area contributed by atoms with Gasteiger partial charge in [0.2, 0.25) is 0 Å². The van der Waals surface area contributed by atoms with Crippen molar-refractivity contribution in [3.8, 4) is 11.8 Å². The minimum Gasteiger partial charge on any atom is -0.336 e. The van der Waals surface area contributed by atoms with Crippen LogP contribution in [0.5, 0.6) is 0 Å². The van der Waals surface area contributed by atoms with E-state index in [1.807, 2.05) is 6.92 Å². The van der Waals surface area contributed by atoms with Crippen LogP contribution in [0, 0.1) is 23.6 Å². The van der Waals surface area contributed by atoms with E-state index in [1.165, 1.54) is 12.1 Å². The molecule has 3 nitrogen and oxygen atoms in total. The number of hydrogen-bond acceptors (Lipinski definition) is 2. The van der Waals surface area contributed by atoms with Crippen LogP contribution in [0.2, 0.25) is 0 Å². The summed E-state index contributed by atoms with van der Waals surface area (Å²) in [5, 5.41) is 0. The van der Waals surface area contributed by atoms with Gasteiger partial charge in [0.15, 0.2) is 0 Å². The van der Waals surface area contributed by atoms with Crippen LogP contribution in [-0.2, 0) is 0 Å². The highest BCUT2D eigenvalue weighted by atomic mass is 19.1. The summed E-state index contributed by atoms with van der Waals surface area (Å²) in [6.07, 6.45) is 2.08. The summed E-state index contributed by atoms with van der Waals surface area (Å²) in [6.45, 7) is 5.05. The van der Waals surface area contributed by atoms with E-state index < -0.39 is 5.82 Å². The highest BCUT2D eigenvalue weighted by molar-refractivity contribution is 5.95. The number of benzene rings is 1. The number of carbonyl (C=O) groups excluding carboxylic acids is 1. The maximum atomic E-state index is 14.2. The fourth-order valence-electron chi connectivity index (χ4n) is 2.65. The number of amides is 1. The molecule has 21 heavy (non-hydrogen) atoms. The van der Waals surface area contributed by atoms with Crippen LogP contribution in [-0.4, -0.2) is 29.9 Å². The second-order valence-corrected chi connectivity index (χ2v) is 5.69. The topological polar surface area (TPSA) is 46.3 Å². The Labute approximate surface area is 125 Å². The molecule has 0 aliphatic carbocycles. The van der Waals surface area contributed by atoms with Gasteiger partial charge in [-0.3, -0.25) is 4.79 Å². The number of halogens is 1. The summed E-state index contributed by atoms with van der Waals surface area (Å²) in [6, 6.07) is 4.64. The van der Waals surface area contributed by atoms with Gasteiger partial charge in [-0.1, -0.05) is 18.8 Å². The maximum Gasteiger partial charge on any atom is 0.257 e. The zero-order valence-corrected chi connectivity index (χ0v) is 12.5. The predicted molar refractivity (Wildman–Crippen MR) is 81.2 cm³/mol. The van der Waals surface area contributed by atoms with Crippen molar-refractivity contribution in [2.24, 2.45) is 11.7 Å². The first-order valence-corrected chi connectivity index (χ1v) is 7.32. The smallest absolute Gasteiger partial charge is 0.257 e. The van der Waals surface area contributed by atoms with Crippen LogP contribution >= 0.6 is 0 Å². The average molecular weight is 288 g/mol. The highest BCUT2D eigenvalue weighted by Gasteiger charge is 2.28. The molecule has 4 heteroatoms. The van der Waals surface area contributed by atoms with Gasteiger partial charge in [-0.2, -0.15) is 0 Å². The van der Waals surface area contributed by atoms with Gasteiger partial charge in [0.25, 0.3) is 5.91 Å². The Morgan fingerprint density at radius 1 is 1.43 bits per heavy atom. The Morgan fingerprint density at radius 2 is 2.19 bits per heavy atom. The highest BCUT2D eigenvalue weighted by Crippen LogP contribution is 2.24. The summed E-state index contributed by atoms with van der Waals surface area (Å²) >= 11 is 0. The van der Waals surface area contributed by atoms with E-state index in [-0.39, 0.29) is 24.1 Å². The van der Waals surface area contributed by atoms with Crippen LogP contribution in [0.4, 0.5) is 4.39 Å². The third kappa shape index (κ3) is 3.62. The molecule has 1 aromatic rings. The Bertz CT molecular complexity index is 588. The van der Waals surface area contributed by atoms with Crippen LogP contribution in [0.25, 0.3) is 0 Å². The first kappa shape index (κ1) is 15.5. The molecule has 0 bridgehead atoms. The molecule has 0 saturated carbocycles. The first-order valence-electron chi connectivity index (χ1n) is 7.32. The maximum absolute atomic E-state index is 14.2. The van der Waals surface area contributed by atoms with Gasteiger partial charge in [0.05, 0.1) is 12.1 Å². The molecule has 2 rings (SSSR count). The molecule has 2 unspecified atom stereocenters. The number of likely N-dealkylation sites (tertiary alicyclic amines) is 1. The lowest BCUT2D eigenvalue weighted by Gasteiger charge is -2.36. The quantitative estimate of drug-likeness (QED) is 0.807. The third-order valence-electron chi connectivity index (χ3n) is 3.91. The lowest BCUT2D eigenvalue weighted by atomic mass is 9.94. The average Bonchev–Trinajstić information content (AvgIpc) is 2.47. The van der Waals surface area contributed by atoms with Crippen molar-refractivity contribution in [2.45, 2.75) is 32.7 Å².